The van der Waals surface area contributed by atoms with Gasteiger partial charge in [-0.1, -0.05) is 0 Å². The molecule has 154 valence electrons. The van der Waals surface area contributed by atoms with Gasteiger partial charge in [0.25, 0.3) is 5.91 Å². The lowest BCUT2D eigenvalue weighted by Gasteiger charge is -2.28. The zero-order valence-corrected chi connectivity index (χ0v) is 17.4. The summed E-state index contributed by atoms with van der Waals surface area (Å²) >= 11 is 1.49. The van der Waals surface area contributed by atoms with Gasteiger partial charge >= 0.3 is 0 Å². The van der Waals surface area contributed by atoms with Crippen LogP contribution in [0.4, 0.5) is 10.8 Å². The number of carbonyl (C=O) groups excluding carboxylic acids is 2. The number of carbonyl (C=O) groups is 2. The molecule has 3 heterocycles. The van der Waals surface area contributed by atoms with Crippen LogP contribution in [0.1, 0.15) is 40.1 Å². The minimum Gasteiger partial charge on any atom is -0.365 e. The summed E-state index contributed by atoms with van der Waals surface area (Å²) in [5.41, 5.74) is 7.11. The van der Waals surface area contributed by atoms with Gasteiger partial charge < -0.3 is 16.0 Å². The van der Waals surface area contributed by atoms with Crippen molar-refractivity contribution in [2.75, 3.05) is 36.9 Å². The zero-order chi connectivity index (χ0) is 20.4. The van der Waals surface area contributed by atoms with Gasteiger partial charge in [0, 0.05) is 30.2 Å². The second-order valence-electron chi connectivity index (χ2n) is 7.74. The lowest BCUT2D eigenvalue weighted by Crippen LogP contribution is -2.42. The van der Waals surface area contributed by atoms with Crippen molar-refractivity contribution in [3.63, 3.8) is 0 Å². The van der Waals surface area contributed by atoms with Crippen LogP contribution in [0, 0.1) is 0 Å². The molecule has 1 atom stereocenters. The zero-order valence-electron chi connectivity index (χ0n) is 16.6. The number of anilines is 2. The highest BCUT2D eigenvalue weighted by molar-refractivity contribution is 7.17. The highest BCUT2D eigenvalue weighted by atomic mass is 32.1. The Morgan fingerprint density at radius 2 is 2.24 bits per heavy atom. The molecule has 1 aliphatic carbocycles. The average molecular weight is 415 g/mol. The lowest BCUT2D eigenvalue weighted by atomic mass is 10.1. The Bertz CT molecular complexity index is 900. The fourth-order valence-corrected chi connectivity index (χ4v) is 5.67. The quantitative estimate of drug-likeness (QED) is 0.714. The molecule has 2 aromatic rings. The molecule has 4 rings (SSSR count). The van der Waals surface area contributed by atoms with Crippen molar-refractivity contribution in [1.82, 2.24) is 15.1 Å². The average Bonchev–Trinajstić information content (AvgIpc) is 3.38. The van der Waals surface area contributed by atoms with Gasteiger partial charge in [-0.05, 0) is 56.8 Å². The summed E-state index contributed by atoms with van der Waals surface area (Å²) in [7, 11) is 1.94. The number of likely N-dealkylation sites (N-methyl/N-ethyl adjacent to an activating group) is 1. The van der Waals surface area contributed by atoms with Crippen LogP contribution in [0.25, 0.3) is 0 Å². The van der Waals surface area contributed by atoms with E-state index in [4.69, 9.17) is 5.73 Å². The first-order chi connectivity index (χ1) is 14.0. The van der Waals surface area contributed by atoms with Gasteiger partial charge in [0.15, 0.2) is 5.82 Å². The molecule has 0 bridgehead atoms. The van der Waals surface area contributed by atoms with E-state index < -0.39 is 5.91 Å². The molecular formula is C20H26N6O2S. The number of fused-ring (bicyclic) bond motifs is 1. The number of thiophene rings is 1. The van der Waals surface area contributed by atoms with Crippen molar-refractivity contribution in [2.45, 2.75) is 38.1 Å². The van der Waals surface area contributed by atoms with Crippen molar-refractivity contribution in [3.05, 3.63) is 34.3 Å². The summed E-state index contributed by atoms with van der Waals surface area (Å²) in [5.74, 6) is 0.296. The third kappa shape index (κ3) is 4.25. The molecule has 2 aromatic heterocycles. The Labute approximate surface area is 174 Å². The van der Waals surface area contributed by atoms with E-state index >= 15 is 0 Å². The maximum Gasteiger partial charge on any atom is 0.251 e. The normalized spacial score (nSPS) is 18.3. The molecule has 1 aliphatic heterocycles. The van der Waals surface area contributed by atoms with E-state index in [9.17, 15) is 9.59 Å². The van der Waals surface area contributed by atoms with Gasteiger partial charge in [0.1, 0.15) is 5.00 Å². The van der Waals surface area contributed by atoms with E-state index in [1.807, 2.05) is 24.1 Å². The first-order valence-electron chi connectivity index (χ1n) is 10.00. The second kappa shape index (κ2) is 8.46. The largest absolute Gasteiger partial charge is 0.365 e. The summed E-state index contributed by atoms with van der Waals surface area (Å²) in [4.78, 5) is 30.0. The van der Waals surface area contributed by atoms with Gasteiger partial charge in [-0.25, -0.2) is 0 Å². The fraction of sp³-hybridized carbons (Fsp3) is 0.500. The van der Waals surface area contributed by atoms with Crippen LogP contribution in [0.3, 0.4) is 0 Å². The molecule has 1 fully saturated rings. The monoisotopic (exact) mass is 414 g/mol. The smallest absolute Gasteiger partial charge is 0.251 e. The van der Waals surface area contributed by atoms with E-state index in [2.05, 4.69) is 20.4 Å². The number of aromatic nitrogens is 2. The minimum atomic E-state index is -0.460. The molecule has 1 saturated heterocycles. The van der Waals surface area contributed by atoms with Crippen LogP contribution in [-0.2, 0) is 17.6 Å². The molecule has 2 aliphatic rings. The van der Waals surface area contributed by atoms with Crippen LogP contribution >= 0.6 is 11.3 Å². The number of rotatable bonds is 7. The maximum absolute atomic E-state index is 12.6. The molecule has 8 nitrogen and oxygen atoms in total. The van der Waals surface area contributed by atoms with Crippen molar-refractivity contribution in [1.29, 1.82) is 0 Å². The number of nitrogens with zero attached hydrogens (tertiary/aromatic N) is 4. The first kappa shape index (κ1) is 19.8. The highest BCUT2D eigenvalue weighted by Crippen LogP contribution is 2.38. The molecular weight excluding hydrogens is 388 g/mol. The lowest BCUT2D eigenvalue weighted by molar-refractivity contribution is -0.117. The second-order valence-corrected chi connectivity index (χ2v) is 8.85. The molecule has 3 N–H and O–H groups in total. The first-order valence-corrected chi connectivity index (χ1v) is 10.8. The van der Waals surface area contributed by atoms with Gasteiger partial charge in [-0.3, -0.25) is 14.5 Å². The summed E-state index contributed by atoms with van der Waals surface area (Å²) in [6, 6.07) is 4.17. The van der Waals surface area contributed by atoms with Crippen molar-refractivity contribution in [2.24, 2.45) is 5.73 Å². The summed E-state index contributed by atoms with van der Waals surface area (Å²) in [5, 5.41) is 11.7. The summed E-state index contributed by atoms with van der Waals surface area (Å²) in [6.07, 6.45) is 6.69. The number of primary amides is 1. The van der Waals surface area contributed by atoms with Crippen molar-refractivity contribution < 1.29 is 9.59 Å². The minimum absolute atomic E-state index is 0.126. The Balaban J connectivity index is 1.36. The number of hydrogen-bond acceptors (Lipinski definition) is 7. The number of amides is 2. The Kier molecular flexibility index (Phi) is 5.77. The Hall–Kier alpha value is -2.52. The summed E-state index contributed by atoms with van der Waals surface area (Å²) < 4.78 is 0. The number of aryl methyl sites for hydroxylation is 1. The number of nitrogens with one attached hydrogen (secondary N) is 1. The van der Waals surface area contributed by atoms with Crippen LogP contribution in [-0.4, -0.2) is 59.6 Å². The van der Waals surface area contributed by atoms with Gasteiger partial charge in [0.05, 0.1) is 12.1 Å². The van der Waals surface area contributed by atoms with Crippen LogP contribution < -0.4 is 16.0 Å². The Morgan fingerprint density at radius 3 is 3.00 bits per heavy atom. The third-order valence-corrected chi connectivity index (χ3v) is 6.79. The van der Waals surface area contributed by atoms with Crippen LogP contribution in [0.15, 0.2) is 18.3 Å². The number of nitrogens with two attached hydrogens (primary N) is 1. The predicted octanol–water partition coefficient (Wildman–Crippen LogP) is 1.66. The maximum atomic E-state index is 12.6. The topological polar surface area (TPSA) is 104 Å². The molecule has 0 spiro atoms. The van der Waals surface area contributed by atoms with E-state index in [-0.39, 0.29) is 12.5 Å². The predicted molar refractivity (Wildman–Crippen MR) is 113 cm³/mol. The molecule has 0 saturated carbocycles. The van der Waals surface area contributed by atoms with E-state index in [0.29, 0.717) is 16.6 Å². The SMILES string of the molecule is CN(CC(=O)Nc1sc2c(c1C(N)=O)CCC2)CC1CCCN1c1cccnn1. The highest BCUT2D eigenvalue weighted by Gasteiger charge is 2.28. The van der Waals surface area contributed by atoms with Crippen LogP contribution in [0.2, 0.25) is 0 Å². The van der Waals surface area contributed by atoms with Gasteiger partial charge in [0.2, 0.25) is 5.91 Å². The van der Waals surface area contributed by atoms with Gasteiger partial charge in [-0.15, -0.1) is 16.4 Å². The molecule has 29 heavy (non-hydrogen) atoms. The summed E-state index contributed by atoms with van der Waals surface area (Å²) in [6.45, 7) is 1.96. The molecule has 0 radical (unpaired) electrons. The van der Waals surface area contributed by atoms with E-state index in [0.717, 1.165) is 56.6 Å². The standard InChI is InChI=1S/C20H26N6O2S/c1-25(11-13-5-4-10-26(13)16-8-3-9-22-24-16)12-17(27)23-20-18(19(21)28)14-6-2-7-15(14)29-20/h3,8-9,13H,2,4-7,10-12H2,1H3,(H2,21,28)(H,23,27). The fourth-order valence-electron chi connectivity index (χ4n) is 4.36. The van der Waals surface area contributed by atoms with Crippen molar-refractivity contribution >= 4 is 34.0 Å². The Morgan fingerprint density at radius 1 is 1.38 bits per heavy atom. The van der Waals surface area contributed by atoms with Crippen molar-refractivity contribution in [3.8, 4) is 0 Å². The molecule has 1 unspecified atom stereocenters. The van der Waals surface area contributed by atoms with Crippen LogP contribution in [0.5, 0.6) is 0 Å². The van der Waals surface area contributed by atoms with Gasteiger partial charge in [-0.2, -0.15) is 5.10 Å². The molecule has 9 heteroatoms. The molecule has 2 amide bonds. The third-order valence-electron chi connectivity index (χ3n) is 5.59. The molecule has 0 aromatic carbocycles. The number of hydrogen-bond donors (Lipinski definition) is 2. The van der Waals surface area contributed by atoms with E-state index in [1.54, 1.807) is 6.20 Å². The van der Waals surface area contributed by atoms with E-state index in [1.165, 1.54) is 16.2 Å².